The van der Waals surface area contributed by atoms with Crippen LogP contribution in [0.15, 0.2) is 42.5 Å². The number of benzene rings is 2. The third-order valence-corrected chi connectivity index (χ3v) is 3.14. The van der Waals surface area contributed by atoms with E-state index in [4.69, 9.17) is 5.73 Å². The van der Waals surface area contributed by atoms with E-state index in [-0.39, 0.29) is 5.82 Å². The van der Waals surface area contributed by atoms with Gasteiger partial charge in [0, 0.05) is 17.9 Å². The minimum absolute atomic E-state index is 0.263. The lowest BCUT2D eigenvalue weighted by molar-refractivity contribution is 0.626. The van der Waals surface area contributed by atoms with Crippen LogP contribution in [0.4, 0.5) is 15.8 Å². The Balaban J connectivity index is 2.21. The standard InChI is InChI=1S/C16H19FN2/c1-11(2)12-3-6-15(7-4-12)19-16-8-5-14(17)9-13(16)10-18/h3-9,11,19H,10,18H2,1-2H3. The molecule has 2 aromatic carbocycles. The van der Waals surface area contributed by atoms with E-state index in [0.29, 0.717) is 12.5 Å². The predicted molar refractivity (Wildman–Crippen MR) is 78.1 cm³/mol. The summed E-state index contributed by atoms with van der Waals surface area (Å²) in [6, 6.07) is 12.9. The number of halogens is 1. The maximum atomic E-state index is 13.1. The summed E-state index contributed by atoms with van der Waals surface area (Å²) in [5, 5.41) is 3.27. The van der Waals surface area contributed by atoms with Crippen LogP contribution in [0, 0.1) is 5.82 Å². The molecule has 2 rings (SSSR count). The molecule has 3 N–H and O–H groups in total. The SMILES string of the molecule is CC(C)c1ccc(Nc2ccc(F)cc2CN)cc1. The monoisotopic (exact) mass is 258 g/mol. The molecule has 19 heavy (non-hydrogen) atoms. The maximum Gasteiger partial charge on any atom is 0.123 e. The van der Waals surface area contributed by atoms with Gasteiger partial charge in [-0.05, 0) is 47.4 Å². The molecule has 0 saturated heterocycles. The molecular formula is C16H19FN2. The van der Waals surface area contributed by atoms with Gasteiger partial charge in [0.15, 0.2) is 0 Å². The Hall–Kier alpha value is -1.87. The summed E-state index contributed by atoms with van der Waals surface area (Å²) in [6.07, 6.45) is 0. The van der Waals surface area contributed by atoms with Gasteiger partial charge in [-0.1, -0.05) is 26.0 Å². The second kappa shape index (κ2) is 5.85. The lowest BCUT2D eigenvalue weighted by atomic mass is 10.0. The predicted octanol–water partition coefficient (Wildman–Crippen LogP) is 4.15. The fourth-order valence-corrected chi connectivity index (χ4v) is 1.96. The molecule has 0 bridgehead atoms. The van der Waals surface area contributed by atoms with Crippen molar-refractivity contribution < 1.29 is 4.39 Å². The van der Waals surface area contributed by atoms with Gasteiger partial charge < -0.3 is 11.1 Å². The Kier molecular flexibility index (Phi) is 4.17. The first kappa shape index (κ1) is 13.6. The number of hydrogen-bond donors (Lipinski definition) is 2. The lowest BCUT2D eigenvalue weighted by Crippen LogP contribution is -2.02. The van der Waals surface area contributed by atoms with Gasteiger partial charge in [0.25, 0.3) is 0 Å². The Morgan fingerprint density at radius 1 is 1.11 bits per heavy atom. The lowest BCUT2D eigenvalue weighted by Gasteiger charge is -2.12. The summed E-state index contributed by atoms with van der Waals surface area (Å²) in [5.74, 6) is 0.251. The van der Waals surface area contributed by atoms with Crippen molar-refractivity contribution in [1.82, 2.24) is 0 Å². The summed E-state index contributed by atoms with van der Waals surface area (Å²) in [4.78, 5) is 0. The van der Waals surface area contributed by atoms with E-state index in [1.807, 2.05) is 12.1 Å². The normalized spacial score (nSPS) is 10.8. The Morgan fingerprint density at radius 2 is 1.79 bits per heavy atom. The van der Waals surface area contributed by atoms with Gasteiger partial charge in [0.05, 0.1) is 0 Å². The molecule has 3 heteroatoms. The fourth-order valence-electron chi connectivity index (χ4n) is 1.96. The maximum absolute atomic E-state index is 13.1. The van der Waals surface area contributed by atoms with E-state index in [9.17, 15) is 4.39 Å². The molecule has 0 aliphatic carbocycles. The van der Waals surface area contributed by atoms with E-state index >= 15 is 0 Å². The first-order valence-corrected chi connectivity index (χ1v) is 6.45. The van der Waals surface area contributed by atoms with Crippen LogP contribution in [0.5, 0.6) is 0 Å². The van der Waals surface area contributed by atoms with Crippen LogP contribution >= 0.6 is 0 Å². The van der Waals surface area contributed by atoms with Crippen molar-refractivity contribution in [1.29, 1.82) is 0 Å². The zero-order chi connectivity index (χ0) is 13.8. The molecule has 0 aromatic heterocycles. The van der Waals surface area contributed by atoms with Gasteiger partial charge in [-0.2, -0.15) is 0 Å². The first-order chi connectivity index (χ1) is 9.10. The van der Waals surface area contributed by atoms with Crippen LogP contribution in [0.2, 0.25) is 0 Å². The summed E-state index contributed by atoms with van der Waals surface area (Å²) >= 11 is 0. The van der Waals surface area contributed by atoms with E-state index < -0.39 is 0 Å². The molecule has 0 heterocycles. The van der Waals surface area contributed by atoms with Crippen molar-refractivity contribution in [3.05, 3.63) is 59.4 Å². The van der Waals surface area contributed by atoms with Crippen molar-refractivity contribution in [3.8, 4) is 0 Å². The molecular weight excluding hydrogens is 239 g/mol. The minimum Gasteiger partial charge on any atom is -0.355 e. The third-order valence-electron chi connectivity index (χ3n) is 3.14. The van der Waals surface area contributed by atoms with Gasteiger partial charge >= 0.3 is 0 Å². The van der Waals surface area contributed by atoms with Gasteiger partial charge in [0.2, 0.25) is 0 Å². The first-order valence-electron chi connectivity index (χ1n) is 6.45. The molecule has 0 amide bonds. The summed E-state index contributed by atoms with van der Waals surface area (Å²) in [6.45, 7) is 4.63. The topological polar surface area (TPSA) is 38.0 Å². The second-order valence-corrected chi connectivity index (χ2v) is 4.91. The summed E-state index contributed by atoms with van der Waals surface area (Å²) in [7, 11) is 0. The molecule has 0 saturated carbocycles. The molecule has 0 aliphatic rings. The number of anilines is 2. The van der Waals surface area contributed by atoms with Crippen LogP contribution in [-0.2, 0) is 6.54 Å². The van der Waals surface area contributed by atoms with E-state index in [1.54, 1.807) is 6.07 Å². The van der Waals surface area contributed by atoms with E-state index in [1.165, 1.54) is 17.7 Å². The molecule has 0 fully saturated rings. The molecule has 0 unspecified atom stereocenters. The zero-order valence-electron chi connectivity index (χ0n) is 11.3. The highest BCUT2D eigenvalue weighted by molar-refractivity contribution is 5.63. The van der Waals surface area contributed by atoms with Crippen LogP contribution in [0.3, 0.4) is 0 Å². The number of nitrogens with two attached hydrogens (primary N) is 1. The number of nitrogens with one attached hydrogen (secondary N) is 1. The van der Waals surface area contributed by atoms with Crippen molar-refractivity contribution in [2.75, 3.05) is 5.32 Å². The van der Waals surface area contributed by atoms with Crippen LogP contribution < -0.4 is 11.1 Å². The van der Waals surface area contributed by atoms with Crippen molar-refractivity contribution in [2.24, 2.45) is 5.73 Å². The highest BCUT2D eigenvalue weighted by Crippen LogP contribution is 2.23. The molecule has 2 aromatic rings. The number of hydrogen-bond acceptors (Lipinski definition) is 2. The largest absolute Gasteiger partial charge is 0.355 e. The number of rotatable bonds is 4. The molecule has 0 aliphatic heterocycles. The van der Waals surface area contributed by atoms with E-state index in [2.05, 4.69) is 31.3 Å². The molecule has 0 radical (unpaired) electrons. The van der Waals surface area contributed by atoms with Crippen molar-refractivity contribution in [2.45, 2.75) is 26.3 Å². The quantitative estimate of drug-likeness (QED) is 0.864. The van der Waals surface area contributed by atoms with Crippen LogP contribution in [-0.4, -0.2) is 0 Å². The average Bonchev–Trinajstić information content (AvgIpc) is 2.41. The second-order valence-electron chi connectivity index (χ2n) is 4.91. The molecule has 0 atom stereocenters. The van der Waals surface area contributed by atoms with Crippen LogP contribution in [0.25, 0.3) is 0 Å². The van der Waals surface area contributed by atoms with Crippen LogP contribution in [0.1, 0.15) is 30.9 Å². The Morgan fingerprint density at radius 3 is 2.37 bits per heavy atom. The van der Waals surface area contributed by atoms with Gasteiger partial charge in [-0.15, -0.1) is 0 Å². The van der Waals surface area contributed by atoms with E-state index in [0.717, 1.165) is 16.9 Å². The zero-order valence-corrected chi connectivity index (χ0v) is 11.3. The third kappa shape index (κ3) is 3.32. The molecule has 0 spiro atoms. The Bertz CT molecular complexity index is 547. The summed E-state index contributed by atoms with van der Waals surface area (Å²) < 4.78 is 13.1. The molecule has 2 nitrogen and oxygen atoms in total. The van der Waals surface area contributed by atoms with Crippen molar-refractivity contribution >= 4 is 11.4 Å². The Labute approximate surface area is 113 Å². The van der Waals surface area contributed by atoms with Gasteiger partial charge in [-0.25, -0.2) is 4.39 Å². The highest BCUT2D eigenvalue weighted by Gasteiger charge is 2.04. The van der Waals surface area contributed by atoms with Gasteiger partial charge in [0.1, 0.15) is 5.82 Å². The molecule has 100 valence electrons. The fraction of sp³-hybridized carbons (Fsp3) is 0.250. The summed E-state index contributed by atoms with van der Waals surface area (Å²) in [5.41, 5.74) is 9.52. The average molecular weight is 258 g/mol. The van der Waals surface area contributed by atoms with Crippen molar-refractivity contribution in [3.63, 3.8) is 0 Å². The highest BCUT2D eigenvalue weighted by atomic mass is 19.1. The minimum atomic E-state index is -0.263. The van der Waals surface area contributed by atoms with Gasteiger partial charge in [-0.3, -0.25) is 0 Å². The smallest absolute Gasteiger partial charge is 0.123 e.